The number of nitrogens with one attached hydrogen (secondary N) is 1. The van der Waals surface area contributed by atoms with Crippen molar-refractivity contribution in [2.75, 3.05) is 5.73 Å². The van der Waals surface area contributed by atoms with Gasteiger partial charge in [-0.25, -0.2) is 14.8 Å². The van der Waals surface area contributed by atoms with E-state index in [9.17, 15) is 4.79 Å². The van der Waals surface area contributed by atoms with Gasteiger partial charge < -0.3 is 15.8 Å². The molecule has 0 bridgehead atoms. The van der Waals surface area contributed by atoms with Crippen molar-refractivity contribution in [1.29, 1.82) is 0 Å². The normalized spacial score (nSPS) is 12.0. The fourth-order valence-corrected chi connectivity index (χ4v) is 2.12. The Morgan fingerprint density at radius 2 is 1.94 bits per heavy atom. The number of hydrogen-bond acceptors (Lipinski definition) is 4. The Bertz CT molecular complexity index is 638. The van der Waals surface area contributed by atoms with E-state index in [1.165, 1.54) is 0 Å². The molecule has 2 aromatic heterocycles. The van der Waals surface area contributed by atoms with E-state index in [0.717, 1.165) is 11.3 Å². The lowest BCUT2D eigenvalue weighted by molar-refractivity contribution is 0.0684. The summed E-state index contributed by atoms with van der Waals surface area (Å²) in [6.45, 7) is 8.12. The highest BCUT2D eigenvalue weighted by atomic mass is 16.4. The van der Waals surface area contributed by atoms with E-state index < -0.39 is 5.97 Å². The molecule has 0 unspecified atom stereocenters. The molecule has 2 heterocycles. The largest absolute Gasteiger partial charge is 0.475 e. The Morgan fingerprint density at radius 3 is 2.44 bits per heavy atom. The number of rotatable bonds is 1. The lowest BCUT2D eigenvalue weighted by atomic mass is 9.89. The van der Waals surface area contributed by atoms with Gasteiger partial charge in [-0.1, -0.05) is 20.8 Å². The Balaban J connectivity index is 2.80. The van der Waals surface area contributed by atoms with Gasteiger partial charge in [-0.3, -0.25) is 0 Å². The number of nitrogens with zero attached hydrogens (tertiary/aromatic N) is 2. The van der Waals surface area contributed by atoms with Crippen molar-refractivity contribution in [3.63, 3.8) is 0 Å². The third-order valence-corrected chi connectivity index (χ3v) is 2.87. The van der Waals surface area contributed by atoms with Crippen molar-refractivity contribution in [1.82, 2.24) is 15.0 Å². The van der Waals surface area contributed by atoms with Gasteiger partial charge in [0.05, 0.1) is 5.39 Å². The van der Waals surface area contributed by atoms with Gasteiger partial charge in [-0.15, -0.1) is 0 Å². The van der Waals surface area contributed by atoms with Gasteiger partial charge in [0, 0.05) is 11.1 Å². The molecule has 0 spiro atoms. The van der Waals surface area contributed by atoms with E-state index in [1.807, 2.05) is 6.92 Å². The minimum atomic E-state index is -1.19. The first-order valence-corrected chi connectivity index (χ1v) is 5.61. The van der Waals surface area contributed by atoms with E-state index >= 15 is 0 Å². The van der Waals surface area contributed by atoms with Crippen molar-refractivity contribution in [3.8, 4) is 0 Å². The second-order valence-electron chi connectivity index (χ2n) is 5.34. The minimum absolute atomic E-state index is 0.0966. The van der Waals surface area contributed by atoms with E-state index in [-0.39, 0.29) is 17.1 Å². The molecule has 2 rings (SSSR count). The van der Waals surface area contributed by atoms with Gasteiger partial charge in [0.25, 0.3) is 0 Å². The van der Waals surface area contributed by atoms with Crippen LogP contribution in [0.3, 0.4) is 0 Å². The average Bonchev–Trinajstić information content (AvgIpc) is 2.55. The van der Waals surface area contributed by atoms with Crippen LogP contribution >= 0.6 is 0 Å². The van der Waals surface area contributed by atoms with Crippen LogP contribution in [0.4, 0.5) is 5.82 Å². The summed E-state index contributed by atoms with van der Waals surface area (Å²) in [6.07, 6.45) is 0. The number of nitrogens with two attached hydrogens (primary N) is 1. The second-order valence-corrected chi connectivity index (χ2v) is 5.34. The number of hydrogen-bond donors (Lipinski definition) is 3. The molecule has 2 aromatic rings. The van der Waals surface area contributed by atoms with Crippen LogP contribution in [0.1, 0.15) is 42.6 Å². The first-order chi connectivity index (χ1) is 8.21. The highest BCUT2D eigenvalue weighted by Crippen LogP contribution is 2.32. The van der Waals surface area contributed by atoms with Crippen molar-refractivity contribution in [2.24, 2.45) is 0 Å². The molecular weight excluding hydrogens is 232 g/mol. The third kappa shape index (κ3) is 1.79. The lowest BCUT2D eigenvalue weighted by Gasteiger charge is -2.17. The molecule has 4 N–H and O–H groups in total. The first kappa shape index (κ1) is 12.3. The number of carboxylic acids is 1. The molecule has 6 nitrogen and oxygen atoms in total. The second kappa shape index (κ2) is 3.69. The SMILES string of the molecule is Cc1c(C(C)(C)C)[nH]c2nc(C(=O)O)nc(N)c12. The zero-order valence-electron chi connectivity index (χ0n) is 10.8. The van der Waals surface area contributed by atoms with E-state index in [4.69, 9.17) is 10.8 Å². The number of carboxylic acid groups (broad SMARTS) is 1. The number of aromatic nitrogens is 3. The van der Waals surface area contributed by atoms with Crippen molar-refractivity contribution in [3.05, 3.63) is 17.1 Å². The number of aromatic carboxylic acids is 1. The van der Waals surface area contributed by atoms with Crippen LogP contribution in [0.15, 0.2) is 0 Å². The van der Waals surface area contributed by atoms with Crippen molar-refractivity contribution < 1.29 is 9.90 Å². The summed E-state index contributed by atoms with van der Waals surface area (Å²) in [6, 6.07) is 0. The number of aryl methyl sites for hydroxylation is 1. The smallest absolute Gasteiger partial charge is 0.374 e. The standard InChI is InChI=1S/C12H16N4O2/c1-5-6-8(13)15-10(11(17)18)16-9(6)14-7(5)12(2,3)4/h1-4H3,(H,17,18)(H3,13,14,15,16). The Labute approximate surface area is 104 Å². The van der Waals surface area contributed by atoms with E-state index in [2.05, 4.69) is 35.7 Å². The molecule has 0 saturated heterocycles. The predicted molar refractivity (Wildman–Crippen MR) is 68.7 cm³/mol. The van der Waals surface area contributed by atoms with Crippen LogP contribution in [0.25, 0.3) is 11.0 Å². The van der Waals surface area contributed by atoms with Crippen LogP contribution in [0, 0.1) is 6.92 Å². The third-order valence-electron chi connectivity index (χ3n) is 2.87. The van der Waals surface area contributed by atoms with Gasteiger partial charge in [0.1, 0.15) is 11.5 Å². The molecule has 6 heteroatoms. The number of H-pyrrole nitrogens is 1. The first-order valence-electron chi connectivity index (χ1n) is 5.61. The lowest BCUT2D eigenvalue weighted by Crippen LogP contribution is -2.13. The van der Waals surface area contributed by atoms with Gasteiger partial charge in [-0.05, 0) is 12.5 Å². The fraction of sp³-hybridized carbons (Fsp3) is 0.417. The minimum Gasteiger partial charge on any atom is -0.475 e. The van der Waals surface area contributed by atoms with Gasteiger partial charge >= 0.3 is 5.97 Å². The van der Waals surface area contributed by atoms with Crippen LogP contribution in [0.5, 0.6) is 0 Å². The van der Waals surface area contributed by atoms with Crippen LogP contribution < -0.4 is 5.73 Å². The Morgan fingerprint density at radius 1 is 1.33 bits per heavy atom. The fourth-order valence-electron chi connectivity index (χ4n) is 2.12. The molecule has 0 radical (unpaired) electrons. The predicted octanol–water partition coefficient (Wildman–Crippen LogP) is 1.84. The number of carbonyl (C=O) groups is 1. The Hall–Kier alpha value is -2.11. The van der Waals surface area contributed by atoms with Gasteiger partial charge in [0.2, 0.25) is 5.82 Å². The number of anilines is 1. The quantitative estimate of drug-likeness (QED) is 0.714. The zero-order chi connectivity index (χ0) is 13.7. The average molecular weight is 248 g/mol. The molecule has 0 atom stereocenters. The maximum Gasteiger partial charge on any atom is 0.374 e. The molecule has 18 heavy (non-hydrogen) atoms. The number of nitrogen functional groups attached to an aromatic ring is 1. The Kier molecular flexibility index (Phi) is 2.53. The highest BCUT2D eigenvalue weighted by Gasteiger charge is 2.23. The van der Waals surface area contributed by atoms with Crippen molar-refractivity contribution >= 4 is 22.8 Å². The van der Waals surface area contributed by atoms with E-state index in [0.29, 0.717) is 11.0 Å². The summed E-state index contributed by atoms with van der Waals surface area (Å²) in [5.74, 6) is -1.28. The van der Waals surface area contributed by atoms with E-state index in [1.54, 1.807) is 0 Å². The summed E-state index contributed by atoms with van der Waals surface area (Å²) in [4.78, 5) is 21.8. The molecule has 0 aromatic carbocycles. The topological polar surface area (TPSA) is 105 Å². The summed E-state index contributed by atoms with van der Waals surface area (Å²) < 4.78 is 0. The zero-order valence-corrected chi connectivity index (χ0v) is 10.8. The van der Waals surface area contributed by atoms with Crippen LogP contribution in [-0.4, -0.2) is 26.0 Å². The molecule has 0 saturated carbocycles. The summed E-state index contributed by atoms with van der Waals surface area (Å²) in [7, 11) is 0. The number of fused-ring (bicyclic) bond motifs is 1. The highest BCUT2D eigenvalue weighted by molar-refractivity contribution is 5.94. The maximum atomic E-state index is 10.9. The summed E-state index contributed by atoms with van der Waals surface area (Å²) >= 11 is 0. The molecule has 0 aliphatic rings. The maximum absolute atomic E-state index is 10.9. The van der Waals surface area contributed by atoms with Gasteiger partial charge in [0.15, 0.2) is 0 Å². The summed E-state index contributed by atoms with van der Waals surface area (Å²) in [5, 5.41) is 9.61. The van der Waals surface area contributed by atoms with Crippen LogP contribution in [0.2, 0.25) is 0 Å². The molecular formula is C12H16N4O2. The molecule has 0 fully saturated rings. The van der Waals surface area contributed by atoms with Gasteiger partial charge in [-0.2, -0.15) is 0 Å². The molecule has 0 aliphatic heterocycles. The molecule has 0 aliphatic carbocycles. The number of aromatic amines is 1. The summed E-state index contributed by atoms with van der Waals surface area (Å²) in [5.41, 5.74) is 8.15. The molecule has 0 amide bonds. The monoisotopic (exact) mass is 248 g/mol. The van der Waals surface area contributed by atoms with Crippen molar-refractivity contribution in [2.45, 2.75) is 33.1 Å². The molecule has 96 valence electrons. The van der Waals surface area contributed by atoms with Crippen LogP contribution in [-0.2, 0) is 5.41 Å².